The summed E-state index contributed by atoms with van der Waals surface area (Å²) in [4.78, 5) is 17.8. The van der Waals surface area contributed by atoms with Crippen LogP contribution in [-0.2, 0) is 11.3 Å². The first-order valence-corrected chi connectivity index (χ1v) is 7.71. The second kappa shape index (κ2) is 7.98. The van der Waals surface area contributed by atoms with Crippen LogP contribution in [0.25, 0.3) is 0 Å². The molecule has 1 fully saturated rings. The number of carbonyl (C=O) groups is 1. The average Bonchev–Trinajstić information content (AvgIpc) is 2.55. The zero-order valence-electron chi connectivity index (χ0n) is 12.6. The van der Waals surface area contributed by atoms with Crippen LogP contribution in [0.5, 0.6) is 0 Å². The van der Waals surface area contributed by atoms with Crippen molar-refractivity contribution < 1.29 is 14.6 Å². The maximum Gasteiger partial charge on any atom is 0.409 e. The molecular formula is C16H24N2O3. The van der Waals surface area contributed by atoms with Crippen molar-refractivity contribution in [2.75, 3.05) is 19.7 Å². The number of carbonyl (C=O) groups excluding carboxylic acids is 1. The molecule has 0 saturated carbocycles. The highest BCUT2D eigenvalue weighted by Gasteiger charge is 2.25. The van der Waals surface area contributed by atoms with Crippen molar-refractivity contribution in [3.63, 3.8) is 0 Å². The number of unbranched alkanes of at least 4 members (excludes halogenated alkanes) is 1. The van der Waals surface area contributed by atoms with Gasteiger partial charge < -0.3 is 14.7 Å². The number of aliphatic hydroxyl groups excluding tert-OH is 1. The number of amides is 1. The number of aliphatic hydroxyl groups is 1. The zero-order chi connectivity index (χ0) is 15.1. The summed E-state index contributed by atoms with van der Waals surface area (Å²) in [6, 6.07) is 1.86. The summed E-state index contributed by atoms with van der Waals surface area (Å²) in [6.45, 7) is 4.03. The highest BCUT2D eigenvalue weighted by molar-refractivity contribution is 5.67. The second-order valence-electron chi connectivity index (χ2n) is 5.46. The van der Waals surface area contributed by atoms with E-state index in [1.807, 2.05) is 12.3 Å². The third-order valence-corrected chi connectivity index (χ3v) is 4.03. The Balaban J connectivity index is 1.87. The van der Waals surface area contributed by atoms with Gasteiger partial charge in [0.05, 0.1) is 13.2 Å². The number of hydrogen-bond acceptors (Lipinski definition) is 4. The van der Waals surface area contributed by atoms with E-state index in [4.69, 9.17) is 4.74 Å². The fourth-order valence-corrected chi connectivity index (χ4v) is 2.72. The molecule has 1 aliphatic heterocycles. The van der Waals surface area contributed by atoms with E-state index in [1.165, 1.54) is 0 Å². The molecule has 1 N–H and O–H groups in total. The Labute approximate surface area is 125 Å². The number of rotatable bonds is 5. The number of ether oxygens (including phenoxy) is 1. The molecule has 0 unspecified atom stereocenters. The lowest BCUT2D eigenvalue weighted by Crippen LogP contribution is -2.38. The summed E-state index contributed by atoms with van der Waals surface area (Å²) >= 11 is 0. The van der Waals surface area contributed by atoms with Gasteiger partial charge >= 0.3 is 6.09 Å². The Bertz CT molecular complexity index is 457. The molecule has 0 aromatic carbocycles. The van der Waals surface area contributed by atoms with E-state index in [0.29, 0.717) is 25.6 Å². The van der Waals surface area contributed by atoms with Gasteiger partial charge in [-0.15, -0.1) is 0 Å². The molecule has 2 heterocycles. The van der Waals surface area contributed by atoms with Gasteiger partial charge in [0.25, 0.3) is 0 Å². The second-order valence-corrected chi connectivity index (χ2v) is 5.46. The van der Waals surface area contributed by atoms with Gasteiger partial charge in [0.15, 0.2) is 0 Å². The minimum atomic E-state index is -0.199. The smallest absolute Gasteiger partial charge is 0.409 e. The number of hydrogen-bond donors (Lipinski definition) is 1. The molecule has 116 valence electrons. The summed E-state index contributed by atoms with van der Waals surface area (Å²) in [5, 5.41) is 9.40. The quantitative estimate of drug-likeness (QED) is 0.848. The summed E-state index contributed by atoms with van der Waals surface area (Å²) in [5.41, 5.74) is 2.05. The fourth-order valence-electron chi connectivity index (χ4n) is 2.72. The van der Waals surface area contributed by atoms with E-state index >= 15 is 0 Å². The fraction of sp³-hybridized carbons (Fsp3) is 0.625. The average molecular weight is 292 g/mol. The van der Waals surface area contributed by atoms with Crippen LogP contribution in [0.15, 0.2) is 18.5 Å². The van der Waals surface area contributed by atoms with Crippen LogP contribution >= 0.6 is 0 Å². The first-order valence-electron chi connectivity index (χ1n) is 7.71. The Morgan fingerprint density at radius 3 is 2.90 bits per heavy atom. The number of likely N-dealkylation sites (tertiary alicyclic amines) is 1. The first kappa shape index (κ1) is 15.8. The van der Waals surface area contributed by atoms with Crippen LogP contribution in [-0.4, -0.2) is 40.8 Å². The Morgan fingerprint density at radius 1 is 1.48 bits per heavy atom. The van der Waals surface area contributed by atoms with E-state index in [-0.39, 0.29) is 12.7 Å². The maximum absolute atomic E-state index is 11.9. The highest BCUT2D eigenvalue weighted by Crippen LogP contribution is 2.30. The van der Waals surface area contributed by atoms with E-state index in [0.717, 1.165) is 36.8 Å². The van der Waals surface area contributed by atoms with Crippen LogP contribution < -0.4 is 0 Å². The van der Waals surface area contributed by atoms with Crippen molar-refractivity contribution in [3.8, 4) is 0 Å². The molecule has 1 amide bonds. The van der Waals surface area contributed by atoms with Gasteiger partial charge in [-0.2, -0.15) is 0 Å². The molecule has 1 aromatic rings. The monoisotopic (exact) mass is 292 g/mol. The van der Waals surface area contributed by atoms with Crippen LogP contribution in [0, 0.1) is 0 Å². The van der Waals surface area contributed by atoms with Gasteiger partial charge in [-0.1, -0.05) is 13.3 Å². The number of aromatic nitrogens is 1. The third-order valence-electron chi connectivity index (χ3n) is 4.03. The molecule has 0 atom stereocenters. The van der Waals surface area contributed by atoms with Crippen LogP contribution in [0.4, 0.5) is 4.79 Å². The molecule has 1 saturated heterocycles. The van der Waals surface area contributed by atoms with Gasteiger partial charge in [-0.3, -0.25) is 4.98 Å². The zero-order valence-corrected chi connectivity index (χ0v) is 12.6. The summed E-state index contributed by atoms with van der Waals surface area (Å²) in [7, 11) is 0. The molecule has 0 radical (unpaired) electrons. The minimum Gasteiger partial charge on any atom is -0.449 e. The molecule has 0 spiro atoms. The molecule has 5 heteroatoms. The van der Waals surface area contributed by atoms with E-state index in [9.17, 15) is 9.90 Å². The van der Waals surface area contributed by atoms with Crippen molar-refractivity contribution >= 4 is 6.09 Å². The van der Waals surface area contributed by atoms with E-state index < -0.39 is 0 Å². The largest absolute Gasteiger partial charge is 0.449 e. The van der Waals surface area contributed by atoms with Crippen molar-refractivity contribution in [3.05, 3.63) is 29.6 Å². The third kappa shape index (κ3) is 4.17. The van der Waals surface area contributed by atoms with Gasteiger partial charge in [0.1, 0.15) is 0 Å². The maximum atomic E-state index is 11.9. The molecule has 1 aromatic heterocycles. The first-order chi connectivity index (χ1) is 10.3. The Kier molecular flexibility index (Phi) is 5.99. The lowest BCUT2D eigenvalue weighted by atomic mass is 9.88. The van der Waals surface area contributed by atoms with E-state index in [2.05, 4.69) is 11.9 Å². The Hall–Kier alpha value is -1.62. The lowest BCUT2D eigenvalue weighted by Gasteiger charge is -2.32. The van der Waals surface area contributed by atoms with Gasteiger partial charge in [-0.25, -0.2) is 4.79 Å². The van der Waals surface area contributed by atoms with Gasteiger partial charge in [0, 0.05) is 25.5 Å². The van der Waals surface area contributed by atoms with Crippen LogP contribution in [0.3, 0.4) is 0 Å². The predicted octanol–water partition coefficient (Wildman–Crippen LogP) is 2.69. The summed E-state index contributed by atoms with van der Waals surface area (Å²) < 4.78 is 5.24. The van der Waals surface area contributed by atoms with E-state index in [1.54, 1.807) is 11.1 Å². The summed E-state index contributed by atoms with van der Waals surface area (Å²) in [6.07, 6.45) is 7.07. The van der Waals surface area contributed by atoms with Crippen molar-refractivity contribution in [2.45, 2.75) is 45.1 Å². The highest BCUT2D eigenvalue weighted by atomic mass is 16.6. The number of nitrogens with zero attached hydrogens (tertiary/aromatic N) is 2. The van der Waals surface area contributed by atoms with Crippen molar-refractivity contribution in [1.82, 2.24) is 9.88 Å². The molecule has 2 rings (SSSR count). The lowest BCUT2D eigenvalue weighted by molar-refractivity contribution is 0.0914. The topological polar surface area (TPSA) is 62.7 Å². The minimum absolute atomic E-state index is 0.0388. The molecule has 21 heavy (non-hydrogen) atoms. The molecule has 5 nitrogen and oxygen atoms in total. The van der Waals surface area contributed by atoms with Crippen molar-refractivity contribution in [2.24, 2.45) is 0 Å². The summed E-state index contributed by atoms with van der Waals surface area (Å²) in [5.74, 6) is 0.362. The number of piperidine rings is 1. The predicted molar refractivity (Wildman–Crippen MR) is 80.0 cm³/mol. The van der Waals surface area contributed by atoms with Crippen LogP contribution in [0.2, 0.25) is 0 Å². The van der Waals surface area contributed by atoms with Crippen molar-refractivity contribution in [1.29, 1.82) is 0 Å². The molecule has 0 bridgehead atoms. The normalized spacial score (nSPS) is 16.0. The van der Waals surface area contributed by atoms with Gasteiger partial charge in [-0.05, 0) is 42.4 Å². The SMILES string of the molecule is CCCCOC(=O)N1CCC(c2cnccc2CO)CC1. The standard InChI is InChI=1S/C16H24N2O3/c1-2-3-10-21-16(20)18-8-5-13(6-9-18)15-11-17-7-4-14(15)12-19/h4,7,11,13,19H,2-3,5-6,8-10,12H2,1H3. The van der Waals surface area contributed by atoms with Gasteiger partial charge in [0.2, 0.25) is 0 Å². The van der Waals surface area contributed by atoms with Crippen LogP contribution in [0.1, 0.15) is 49.7 Å². The molecular weight excluding hydrogens is 268 g/mol. The molecule has 0 aliphatic carbocycles. The molecule has 1 aliphatic rings. The Morgan fingerprint density at radius 2 is 2.24 bits per heavy atom. The number of pyridine rings is 1.